The molecule has 0 aliphatic rings. The minimum absolute atomic E-state index is 0.319. The van der Waals surface area contributed by atoms with Crippen molar-refractivity contribution < 1.29 is 13.9 Å². The Morgan fingerprint density at radius 1 is 1.13 bits per heavy atom. The summed E-state index contributed by atoms with van der Waals surface area (Å²) >= 11 is 3.28. The van der Waals surface area contributed by atoms with Gasteiger partial charge < -0.3 is 19.2 Å². The van der Waals surface area contributed by atoms with E-state index in [-0.39, 0.29) is 0 Å². The molecule has 0 aromatic carbocycles. The van der Waals surface area contributed by atoms with E-state index in [2.05, 4.69) is 41.4 Å². The lowest BCUT2D eigenvalue weighted by Crippen LogP contribution is -2.08. The molecule has 0 unspecified atom stereocenters. The summed E-state index contributed by atoms with van der Waals surface area (Å²) in [5, 5.41) is 11.2. The van der Waals surface area contributed by atoms with Crippen molar-refractivity contribution in [2.75, 3.05) is 26.6 Å². The Balaban J connectivity index is 2.30. The summed E-state index contributed by atoms with van der Waals surface area (Å²) in [7, 11) is 4.75. The molecule has 0 bridgehead atoms. The molecule has 3 heterocycles. The van der Waals surface area contributed by atoms with Crippen LogP contribution in [0.3, 0.4) is 0 Å². The normalized spacial score (nSPS) is 10.6. The highest BCUT2D eigenvalue weighted by Crippen LogP contribution is 2.35. The van der Waals surface area contributed by atoms with Gasteiger partial charge in [0.05, 0.1) is 14.2 Å². The van der Waals surface area contributed by atoms with Gasteiger partial charge >= 0.3 is 0 Å². The number of nitrogens with zero attached hydrogens (tertiary/aromatic N) is 5. The molecule has 0 spiro atoms. The number of methoxy groups -OCH3 is 2. The highest BCUT2D eigenvalue weighted by Gasteiger charge is 2.25. The zero-order valence-electron chi connectivity index (χ0n) is 12.6. The van der Waals surface area contributed by atoms with Crippen LogP contribution in [0.1, 0.15) is 0 Å². The predicted octanol–water partition coefficient (Wildman–Crippen LogP) is 2.14. The van der Waals surface area contributed by atoms with Gasteiger partial charge in [-0.15, -0.1) is 10.2 Å². The first kappa shape index (κ1) is 15.3. The maximum Gasteiger partial charge on any atom is 0.245 e. The van der Waals surface area contributed by atoms with Gasteiger partial charge in [0.15, 0.2) is 16.1 Å². The summed E-state index contributed by atoms with van der Waals surface area (Å²) in [6, 6.07) is 3.54. The van der Waals surface area contributed by atoms with Crippen LogP contribution >= 0.6 is 15.9 Å². The first-order chi connectivity index (χ1) is 11.2. The second kappa shape index (κ2) is 6.24. The van der Waals surface area contributed by atoms with Crippen LogP contribution in [0.25, 0.3) is 17.3 Å². The number of furan rings is 1. The topological polar surface area (TPSA) is 100 Å². The van der Waals surface area contributed by atoms with Gasteiger partial charge in [0.1, 0.15) is 6.33 Å². The van der Waals surface area contributed by atoms with E-state index in [9.17, 15) is 0 Å². The van der Waals surface area contributed by atoms with Crippen LogP contribution in [0.5, 0.6) is 11.8 Å². The van der Waals surface area contributed by atoms with Gasteiger partial charge in [-0.3, -0.25) is 0 Å². The van der Waals surface area contributed by atoms with Crippen LogP contribution in [0.4, 0.5) is 5.95 Å². The van der Waals surface area contributed by atoms with Gasteiger partial charge in [-0.2, -0.15) is 9.97 Å². The maximum absolute atomic E-state index is 5.58. The molecule has 0 saturated carbocycles. The second-order valence-electron chi connectivity index (χ2n) is 4.28. The van der Waals surface area contributed by atoms with Crippen molar-refractivity contribution in [2.24, 2.45) is 0 Å². The zero-order chi connectivity index (χ0) is 16.4. The van der Waals surface area contributed by atoms with Crippen molar-refractivity contribution in [3.05, 3.63) is 23.1 Å². The number of ether oxygens (including phenoxy) is 2. The van der Waals surface area contributed by atoms with E-state index in [1.54, 1.807) is 23.7 Å². The van der Waals surface area contributed by atoms with Crippen molar-refractivity contribution in [3.8, 4) is 29.0 Å². The first-order valence-electron chi connectivity index (χ1n) is 6.51. The predicted molar refractivity (Wildman–Crippen MR) is 85.0 cm³/mol. The third-order valence-corrected chi connectivity index (χ3v) is 3.47. The summed E-state index contributed by atoms with van der Waals surface area (Å²) in [4.78, 5) is 8.24. The molecule has 10 heteroatoms. The van der Waals surface area contributed by atoms with Crippen LogP contribution in [0, 0.1) is 0 Å². The molecule has 120 valence electrons. The number of rotatable bonds is 5. The van der Waals surface area contributed by atoms with Crippen LogP contribution in [0.15, 0.2) is 27.5 Å². The number of nitrogens with one attached hydrogen (secondary N) is 1. The fraction of sp³-hybridized carbons (Fsp3) is 0.231. The Bertz CT molecular complexity index is 809. The molecule has 3 rings (SSSR count). The average molecular weight is 381 g/mol. The number of hydrogen-bond donors (Lipinski definition) is 1. The zero-order valence-corrected chi connectivity index (χ0v) is 14.2. The van der Waals surface area contributed by atoms with Gasteiger partial charge in [-0.25, -0.2) is 4.57 Å². The summed E-state index contributed by atoms with van der Waals surface area (Å²) in [6.07, 6.45) is 1.35. The molecule has 0 amide bonds. The van der Waals surface area contributed by atoms with Crippen molar-refractivity contribution in [2.45, 2.75) is 0 Å². The average Bonchev–Trinajstić information content (AvgIpc) is 3.19. The highest BCUT2D eigenvalue weighted by atomic mass is 79.9. The summed E-state index contributed by atoms with van der Waals surface area (Å²) < 4.78 is 18.5. The number of halogens is 1. The number of anilines is 1. The Kier molecular flexibility index (Phi) is 4.15. The lowest BCUT2D eigenvalue weighted by atomic mass is 10.4. The minimum Gasteiger partial charge on any atom is -0.479 e. The molecule has 23 heavy (non-hydrogen) atoms. The van der Waals surface area contributed by atoms with Gasteiger partial charge in [0.25, 0.3) is 0 Å². The fourth-order valence-electron chi connectivity index (χ4n) is 2.09. The fourth-order valence-corrected chi connectivity index (χ4v) is 2.40. The third-order valence-electron chi connectivity index (χ3n) is 3.05. The standard InChI is InChI=1S/C13H13BrN6O3/c1-15-13-19-18-10(7-4-5-8(14)23-7)20(13)9-11(21-2)16-6-17-12(9)22-3/h4-6H,1-3H3,(H,15,19). The third kappa shape index (κ3) is 2.61. The summed E-state index contributed by atoms with van der Waals surface area (Å²) in [5.41, 5.74) is 0.467. The monoisotopic (exact) mass is 380 g/mol. The molecular formula is C13H13BrN6O3. The van der Waals surface area contributed by atoms with E-state index in [0.717, 1.165) is 0 Å². The molecule has 9 nitrogen and oxygen atoms in total. The SMILES string of the molecule is CNc1nnc(-c2ccc(Br)o2)n1-c1c(OC)ncnc1OC. The molecule has 0 radical (unpaired) electrons. The largest absolute Gasteiger partial charge is 0.479 e. The smallest absolute Gasteiger partial charge is 0.245 e. The molecule has 0 fully saturated rings. The number of aromatic nitrogens is 5. The second-order valence-corrected chi connectivity index (χ2v) is 5.06. The van der Waals surface area contributed by atoms with E-state index in [1.807, 2.05) is 0 Å². The summed E-state index contributed by atoms with van der Waals surface area (Å²) in [5.74, 6) is 2.06. The molecule has 0 atom stereocenters. The molecule has 0 aliphatic heterocycles. The first-order valence-corrected chi connectivity index (χ1v) is 7.31. The Morgan fingerprint density at radius 3 is 2.35 bits per heavy atom. The van der Waals surface area contributed by atoms with Crippen LogP contribution in [0.2, 0.25) is 0 Å². The van der Waals surface area contributed by atoms with Crippen LogP contribution < -0.4 is 14.8 Å². The van der Waals surface area contributed by atoms with Crippen LogP contribution in [-0.2, 0) is 0 Å². The quantitative estimate of drug-likeness (QED) is 0.718. The lowest BCUT2D eigenvalue weighted by molar-refractivity contribution is 0.368. The van der Waals surface area contributed by atoms with Gasteiger partial charge in [-0.05, 0) is 28.1 Å². The molecule has 3 aromatic heterocycles. The molecule has 0 aliphatic carbocycles. The molecular weight excluding hydrogens is 368 g/mol. The minimum atomic E-state index is 0.319. The van der Waals surface area contributed by atoms with Gasteiger partial charge in [-0.1, -0.05) is 0 Å². The van der Waals surface area contributed by atoms with Crippen molar-refractivity contribution in [3.63, 3.8) is 0 Å². The Hall–Kier alpha value is -2.62. The van der Waals surface area contributed by atoms with Crippen molar-refractivity contribution >= 4 is 21.9 Å². The summed E-state index contributed by atoms with van der Waals surface area (Å²) in [6.45, 7) is 0. The molecule has 0 saturated heterocycles. The number of hydrogen-bond acceptors (Lipinski definition) is 8. The lowest BCUT2D eigenvalue weighted by Gasteiger charge is -2.14. The molecule has 1 N–H and O–H groups in total. The van der Waals surface area contributed by atoms with Crippen molar-refractivity contribution in [1.82, 2.24) is 24.7 Å². The Morgan fingerprint density at radius 2 is 1.83 bits per heavy atom. The van der Waals surface area contributed by atoms with Gasteiger partial charge in [0.2, 0.25) is 23.5 Å². The van der Waals surface area contributed by atoms with Gasteiger partial charge in [0, 0.05) is 7.05 Å². The molecule has 3 aromatic rings. The van der Waals surface area contributed by atoms with E-state index in [4.69, 9.17) is 13.9 Å². The van der Waals surface area contributed by atoms with E-state index < -0.39 is 0 Å². The van der Waals surface area contributed by atoms with Crippen molar-refractivity contribution in [1.29, 1.82) is 0 Å². The highest BCUT2D eigenvalue weighted by molar-refractivity contribution is 9.10. The maximum atomic E-state index is 5.58. The van der Waals surface area contributed by atoms with E-state index in [0.29, 0.717) is 39.6 Å². The van der Waals surface area contributed by atoms with E-state index >= 15 is 0 Å². The Labute approximate surface area is 139 Å². The van der Waals surface area contributed by atoms with Crippen LogP contribution in [-0.4, -0.2) is 46.0 Å². The van der Waals surface area contributed by atoms with E-state index in [1.165, 1.54) is 20.5 Å².